The number of rotatable bonds is 5. The molecule has 0 fully saturated rings. The first-order valence-electron chi connectivity index (χ1n) is 6.57. The van der Waals surface area contributed by atoms with E-state index in [0.29, 0.717) is 22.6 Å². The molecule has 0 aliphatic carbocycles. The molecule has 0 amide bonds. The number of halogens is 1. The van der Waals surface area contributed by atoms with E-state index in [9.17, 15) is 12.8 Å². The maximum Gasteiger partial charge on any atom is 0.182 e. The van der Waals surface area contributed by atoms with E-state index in [-0.39, 0.29) is 10.6 Å². The van der Waals surface area contributed by atoms with Crippen LogP contribution in [0.2, 0.25) is 0 Å². The van der Waals surface area contributed by atoms with Crippen LogP contribution in [0.15, 0.2) is 41.3 Å². The van der Waals surface area contributed by atoms with Crippen LogP contribution in [0.5, 0.6) is 11.5 Å². The standard InChI is InChI=1S/C16H17FO4S/c1-11-7-14(20-2)15(21-3)9-16(11)22(18,19)10-12-5-4-6-13(17)8-12/h4-9H,10H2,1-3H3. The number of ether oxygens (including phenoxy) is 2. The summed E-state index contributed by atoms with van der Waals surface area (Å²) in [6.07, 6.45) is 0. The van der Waals surface area contributed by atoms with Crippen molar-refractivity contribution in [1.82, 2.24) is 0 Å². The van der Waals surface area contributed by atoms with E-state index in [1.54, 1.807) is 19.1 Å². The second-order valence-electron chi connectivity index (χ2n) is 4.86. The van der Waals surface area contributed by atoms with Crippen molar-refractivity contribution in [3.8, 4) is 11.5 Å². The number of benzene rings is 2. The van der Waals surface area contributed by atoms with Crippen LogP contribution < -0.4 is 9.47 Å². The maximum absolute atomic E-state index is 13.2. The second kappa shape index (κ2) is 6.36. The fourth-order valence-corrected chi connectivity index (χ4v) is 3.83. The third-order valence-corrected chi connectivity index (χ3v) is 5.09. The highest BCUT2D eigenvalue weighted by Gasteiger charge is 2.21. The third-order valence-electron chi connectivity index (χ3n) is 3.26. The predicted molar refractivity (Wildman–Crippen MR) is 81.6 cm³/mol. The number of methoxy groups -OCH3 is 2. The van der Waals surface area contributed by atoms with Gasteiger partial charge in [-0.15, -0.1) is 0 Å². The van der Waals surface area contributed by atoms with Crippen LogP contribution in [0, 0.1) is 12.7 Å². The molecule has 2 aromatic carbocycles. The molecule has 0 atom stereocenters. The molecule has 0 unspecified atom stereocenters. The smallest absolute Gasteiger partial charge is 0.182 e. The van der Waals surface area contributed by atoms with Crippen LogP contribution in [0.4, 0.5) is 4.39 Å². The van der Waals surface area contributed by atoms with Crippen molar-refractivity contribution in [2.24, 2.45) is 0 Å². The van der Waals surface area contributed by atoms with Gasteiger partial charge < -0.3 is 9.47 Å². The average molecular weight is 324 g/mol. The molecule has 2 aromatic rings. The topological polar surface area (TPSA) is 52.6 Å². The number of hydrogen-bond acceptors (Lipinski definition) is 4. The van der Waals surface area contributed by atoms with Gasteiger partial charge in [-0.1, -0.05) is 12.1 Å². The minimum absolute atomic E-state index is 0.148. The first-order valence-corrected chi connectivity index (χ1v) is 8.22. The molecule has 4 nitrogen and oxygen atoms in total. The van der Waals surface area contributed by atoms with Crippen LogP contribution in [0.25, 0.3) is 0 Å². The lowest BCUT2D eigenvalue weighted by Crippen LogP contribution is -2.08. The van der Waals surface area contributed by atoms with Crippen molar-refractivity contribution in [2.45, 2.75) is 17.6 Å². The van der Waals surface area contributed by atoms with E-state index in [2.05, 4.69) is 0 Å². The lowest BCUT2D eigenvalue weighted by Gasteiger charge is -2.13. The van der Waals surface area contributed by atoms with Gasteiger partial charge in [0.05, 0.1) is 24.9 Å². The summed E-state index contributed by atoms with van der Waals surface area (Å²) in [5.41, 5.74) is 0.947. The lowest BCUT2D eigenvalue weighted by atomic mass is 10.2. The molecule has 0 heterocycles. The molecule has 0 aliphatic rings. The van der Waals surface area contributed by atoms with Gasteiger partial charge in [-0.2, -0.15) is 0 Å². The number of sulfone groups is 1. The molecule has 0 radical (unpaired) electrons. The van der Waals surface area contributed by atoms with Gasteiger partial charge in [-0.25, -0.2) is 12.8 Å². The van der Waals surface area contributed by atoms with Crippen molar-refractivity contribution in [3.05, 3.63) is 53.3 Å². The Morgan fingerprint density at radius 2 is 1.68 bits per heavy atom. The zero-order valence-electron chi connectivity index (χ0n) is 12.6. The van der Waals surface area contributed by atoms with Crippen LogP contribution >= 0.6 is 0 Å². The Hall–Kier alpha value is -2.08. The van der Waals surface area contributed by atoms with Gasteiger partial charge in [-0.3, -0.25) is 0 Å². The fourth-order valence-electron chi connectivity index (χ4n) is 2.22. The molecule has 2 rings (SSSR count). The fraction of sp³-hybridized carbons (Fsp3) is 0.250. The van der Waals surface area contributed by atoms with Crippen molar-refractivity contribution in [2.75, 3.05) is 14.2 Å². The molecule has 0 spiro atoms. The third kappa shape index (κ3) is 3.39. The minimum Gasteiger partial charge on any atom is -0.493 e. The summed E-state index contributed by atoms with van der Waals surface area (Å²) in [4.78, 5) is 0.148. The monoisotopic (exact) mass is 324 g/mol. The van der Waals surface area contributed by atoms with Crippen molar-refractivity contribution in [3.63, 3.8) is 0 Å². The maximum atomic E-state index is 13.2. The van der Waals surface area contributed by atoms with E-state index >= 15 is 0 Å². The normalized spacial score (nSPS) is 11.3. The second-order valence-corrected chi connectivity index (χ2v) is 6.82. The van der Waals surface area contributed by atoms with Gasteiger partial charge >= 0.3 is 0 Å². The SMILES string of the molecule is COc1cc(C)c(S(=O)(=O)Cc2cccc(F)c2)cc1OC. The van der Waals surface area contributed by atoms with Gasteiger partial charge in [0.2, 0.25) is 0 Å². The molecule has 6 heteroatoms. The molecule has 0 bridgehead atoms. The van der Waals surface area contributed by atoms with Gasteiger partial charge in [0.25, 0.3) is 0 Å². The summed E-state index contributed by atoms with van der Waals surface area (Å²) >= 11 is 0. The molecular weight excluding hydrogens is 307 g/mol. The molecule has 0 aliphatic heterocycles. The van der Waals surface area contributed by atoms with Crippen LogP contribution in [0.1, 0.15) is 11.1 Å². The highest BCUT2D eigenvalue weighted by Crippen LogP contribution is 2.33. The van der Waals surface area contributed by atoms with Crippen LogP contribution in [-0.4, -0.2) is 22.6 Å². The average Bonchev–Trinajstić information content (AvgIpc) is 2.46. The van der Waals surface area contributed by atoms with E-state index < -0.39 is 15.7 Å². The quantitative estimate of drug-likeness (QED) is 0.848. The first kappa shape index (κ1) is 16.3. The van der Waals surface area contributed by atoms with Crippen molar-refractivity contribution < 1.29 is 22.3 Å². The van der Waals surface area contributed by atoms with Crippen LogP contribution in [-0.2, 0) is 15.6 Å². The van der Waals surface area contributed by atoms with E-state index in [4.69, 9.17) is 9.47 Å². The van der Waals surface area contributed by atoms with Gasteiger partial charge in [0, 0.05) is 6.07 Å². The summed E-state index contributed by atoms with van der Waals surface area (Å²) < 4.78 is 48.7. The van der Waals surface area contributed by atoms with E-state index in [0.717, 1.165) is 0 Å². The molecule has 0 saturated heterocycles. The Kier molecular flexibility index (Phi) is 4.71. The molecule has 0 aromatic heterocycles. The Morgan fingerprint density at radius 1 is 1.05 bits per heavy atom. The largest absolute Gasteiger partial charge is 0.493 e. The first-order chi connectivity index (χ1) is 10.4. The summed E-state index contributed by atoms with van der Waals surface area (Å²) in [5, 5.41) is 0. The Bertz CT molecular complexity index is 785. The van der Waals surface area contributed by atoms with Gasteiger partial charge in [0.15, 0.2) is 21.3 Å². The molecule has 0 N–H and O–H groups in total. The van der Waals surface area contributed by atoms with Gasteiger partial charge in [-0.05, 0) is 36.2 Å². The molecular formula is C16H17FO4S. The molecule has 22 heavy (non-hydrogen) atoms. The summed E-state index contributed by atoms with van der Waals surface area (Å²) in [5.74, 6) is 0.0634. The number of hydrogen-bond donors (Lipinski definition) is 0. The van der Waals surface area contributed by atoms with Gasteiger partial charge in [0.1, 0.15) is 5.82 Å². The minimum atomic E-state index is -3.62. The summed E-state index contributed by atoms with van der Waals surface area (Å²) in [6.45, 7) is 1.68. The zero-order chi connectivity index (χ0) is 16.3. The summed E-state index contributed by atoms with van der Waals surface area (Å²) in [7, 11) is -0.696. The highest BCUT2D eigenvalue weighted by atomic mass is 32.2. The van der Waals surface area contributed by atoms with Crippen molar-refractivity contribution >= 4 is 9.84 Å². The van der Waals surface area contributed by atoms with E-state index in [1.807, 2.05) is 0 Å². The van der Waals surface area contributed by atoms with E-state index in [1.165, 1.54) is 38.5 Å². The zero-order valence-corrected chi connectivity index (χ0v) is 13.4. The Labute approximate surface area is 129 Å². The molecule has 0 saturated carbocycles. The molecule has 118 valence electrons. The lowest BCUT2D eigenvalue weighted by molar-refractivity contribution is 0.353. The Balaban J connectivity index is 2.45. The summed E-state index contributed by atoms with van der Waals surface area (Å²) in [6, 6.07) is 8.60. The van der Waals surface area contributed by atoms with Crippen LogP contribution in [0.3, 0.4) is 0 Å². The van der Waals surface area contributed by atoms with Crippen molar-refractivity contribution in [1.29, 1.82) is 0 Å². The Morgan fingerprint density at radius 3 is 2.27 bits per heavy atom. The predicted octanol–water partition coefficient (Wildman–Crippen LogP) is 3.13. The highest BCUT2D eigenvalue weighted by molar-refractivity contribution is 7.90. The number of aryl methyl sites for hydroxylation is 1.